The van der Waals surface area contributed by atoms with Crippen molar-refractivity contribution in [2.24, 2.45) is 5.73 Å². The summed E-state index contributed by atoms with van der Waals surface area (Å²) in [7, 11) is -3.74. The number of carbonyl (C=O) groups excluding carboxylic acids is 1. The Labute approximate surface area is 136 Å². The molecule has 0 aliphatic carbocycles. The van der Waals surface area contributed by atoms with E-state index in [0.717, 1.165) is 0 Å². The van der Waals surface area contributed by atoms with E-state index in [1.54, 1.807) is 37.3 Å². The maximum atomic E-state index is 12.5. The van der Waals surface area contributed by atoms with Crippen LogP contribution in [0.5, 0.6) is 0 Å². The molecule has 8 heteroatoms. The van der Waals surface area contributed by atoms with Crippen LogP contribution in [0.4, 0.5) is 16.2 Å². The maximum Gasteiger partial charge on any atom is 0.316 e. The Morgan fingerprint density at radius 2 is 1.82 bits per heavy atom. The van der Waals surface area contributed by atoms with Gasteiger partial charge in [-0.3, -0.25) is 4.72 Å². The number of hydrogen-bond acceptors (Lipinski definition) is 3. The van der Waals surface area contributed by atoms with Crippen molar-refractivity contribution in [2.45, 2.75) is 11.8 Å². The quantitative estimate of drug-likeness (QED) is 0.755. The Morgan fingerprint density at radius 3 is 2.50 bits per heavy atom. The van der Waals surface area contributed by atoms with Crippen molar-refractivity contribution in [1.29, 1.82) is 0 Å². The largest absolute Gasteiger partial charge is 0.351 e. The number of benzene rings is 2. The number of primary amides is 1. The van der Waals surface area contributed by atoms with Gasteiger partial charge in [0.15, 0.2) is 0 Å². The van der Waals surface area contributed by atoms with Crippen molar-refractivity contribution >= 4 is 43.4 Å². The molecule has 116 valence electrons. The lowest BCUT2D eigenvalue weighted by Gasteiger charge is -2.12. The summed E-state index contributed by atoms with van der Waals surface area (Å²) in [6.07, 6.45) is 0. The summed E-state index contributed by atoms with van der Waals surface area (Å²) >= 11 is 3.26. The lowest BCUT2D eigenvalue weighted by Crippen LogP contribution is -2.19. The highest BCUT2D eigenvalue weighted by Gasteiger charge is 2.17. The third-order valence-electron chi connectivity index (χ3n) is 2.82. The smallest absolute Gasteiger partial charge is 0.316 e. The molecule has 0 unspecified atom stereocenters. The minimum atomic E-state index is -3.74. The molecule has 0 atom stereocenters. The molecule has 0 fully saturated rings. The van der Waals surface area contributed by atoms with Gasteiger partial charge in [-0.05, 0) is 42.8 Å². The second-order valence-electron chi connectivity index (χ2n) is 4.59. The highest BCUT2D eigenvalue weighted by Crippen LogP contribution is 2.24. The van der Waals surface area contributed by atoms with Crippen molar-refractivity contribution in [3.63, 3.8) is 0 Å². The molecule has 0 aliphatic rings. The van der Waals surface area contributed by atoms with Crippen LogP contribution in [0.3, 0.4) is 0 Å². The first kappa shape index (κ1) is 16.3. The molecule has 0 radical (unpaired) electrons. The van der Waals surface area contributed by atoms with E-state index in [1.165, 1.54) is 12.1 Å². The fraction of sp³-hybridized carbons (Fsp3) is 0.0714. The molecule has 4 N–H and O–H groups in total. The van der Waals surface area contributed by atoms with Crippen LogP contribution >= 0.6 is 15.9 Å². The predicted octanol–water partition coefficient (Wildman–Crippen LogP) is 3.05. The second kappa shape index (κ2) is 6.37. The maximum absolute atomic E-state index is 12.5. The first-order valence-corrected chi connectivity index (χ1v) is 8.51. The topological polar surface area (TPSA) is 101 Å². The molecule has 0 saturated heterocycles. The number of anilines is 2. The number of nitrogens with one attached hydrogen (secondary N) is 2. The van der Waals surface area contributed by atoms with E-state index in [-0.39, 0.29) is 4.90 Å². The Balaban J connectivity index is 2.33. The number of aryl methyl sites for hydroxylation is 1. The molecule has 6 nitrogen and oxygen atoms in total. The van der Waals surface area contributed by atoms with Gasteiger partial charge < -0.3 is 11.1 Å². The lowest BCUT2D eigenvalue weighted by molar-refractivity contribution is 0.259. The molecular formula is C14H14BrN3O3S. The van der Waals surface area contributed by atoms with Crippen molar-refractivity contribution in [3.05, 3.63) is 52.5 Å². The van der Waals surface area contributed by atoms with Crippen LogP contribution in [-0.2, 0) is 10.0 Å². The van der Waals surface area contributed by atoms with Gasteiger partial charge in [0.2, 0.25) is 0 Å². The van der Waals surface area contributed by atoms with Crippen molar-refractivity contribution in [2.75, 3.05) is 10.0 Å². The molecule has 2 aromatic rings. The highest BCUT2D eigenvalue weighted by atomic mass is 79.9. The van der Waals surface area contributed by atoms with E-state index in [9.17, 15) is 13.2 Å². The summed E-state index contributed by atoms with van der Waals surface area (Å²) in [5.41, 5.74) is 6.39. The number of amides is 2. The molecule has 0 bridgehead atoms. The highest BCUT2D eigenvalue weighted by molar-refractivity contribution is 9.10. The van der Waals surface area contributed by atoms with Crippen LogP contribution in [-0.4, -0.2) is 14.4 Å². The molecule has 0 aromatic heterocycles. The zero-order valence-corrected chi connectivity index (χ0v) is 14.0. The number of halogens is 1. The molecule has 2 aromatic carbocycles. The average molecular weight is 384 g/mol. The SMILES string of the molecule is Cc1ccc(Br)cc1S(=O)(=O)Nc1cccc(NC(N)=O)c1. The van der Waals surface area contributed by atoms with Crippen LogP contribution in [0.15, 0.2) is 51.8 Å². The normalized spacial score (nSPS) is 11.0. The van der Waals surface area contributed by atoms with Crippen molar-refractivity contribution < 1.29 is 13.2 Å². The Hall–Kier alpha value is -2.06. The number of sulfonamides is 1. The van der Waals surface area contributed by atoms with Crippen LogP contribution in [0.25, 0.3) is 0 Å². The Morgan fingerprint density at radius 1 is 1.14 bits per heavy atom. The Kier molecular flexibility index (Phi) is 4.72. The van der Waals surface area contributed by atoms with Gasteiger partial charge in [0.1, 0.15) is 0 Å². The summed E-state index contributed by atoms with van der Waals surface area (Å²) in [6.45, 7) is 1.71. The Bertz CT molecular complexity index is 822. The first-order chi connectivity index (χ1) is 10.3. The van der Waals surface area contributed by atoms with E-state index >= 15 is 0 Å². The number of rotatable bonds is 4. The zero-order valence-electron chi connectivity index (χ0n) is 11.6. The lowest BCUT2D eigenvalue weighted by atomic mass is 10.2. The fourth-order valence-electron chi connectivity index (χ4n) is 1.88. The second-order valence-corrected chi connectivity index (χ2v) is 7.15. The molecule has 2 rings (SSSR count). The number of hydrogen-bond donors (Lipinski definition) is 3. The van der Waals surface area contributed by atoms with Crippen LogP contribution in [0, 0.1) is 6.92 Å². The van der Waals surface area contributed by atoms with Gasteiger partial charge in [-0.15, -0.1) is 0 Å². The predicted molar refractivity (Wildman–Crippen MR) is 89.3 cm³/mol. The van der Waals surface area contributed by atoms with Crippen molar-refractivity contribution in [3.8, 4) is 0 Å². The van der Waals surface area contributed by atoms with E-state index < -0.39 is 16.1 Å². The molecular weight excluding hydrogens is 370 g/mol. The molecule has 0 heterocycles. The van der Waals surface area contributed by atoms with E-state index in [1.807, 2.05) is 0 Å². The summed E-state index contributed by atoms with van der Waals surface area (Å²) in [5.74, 6) is 0. The van der Waals surface area contributed by atoms with Crippen LogP contribution in [0.2, 0.25) is 0 Å². The summed E-state index contributed by atoms with van der Waals surface area (Å²) in [6, 6.07) is 10.6. The van der Waals surface area contributed by atoms with E-state index in [4.69, 9.17) is 5.73 Å². The third-order valence-corrected chi connectivity index (χ3v) is 4.84. The van der Waals surface area contributed by atoms with Gasteiger partial charge >= 0.3 is 6.03 Å². The summed E-state index contributed by atoms with van der Waals surface area (Å²) in [5, 5.41) is 2.39. The minimum Gasteiger partial charge on any atom is -0.351 e. The van der Waals surface area contributed by atoms with Gasteiger partial charge in [0.05, 0.1) is 10.6 Å². The van der Waals surface area contributed by atoms with Gasteiger partial charge in [-0.1, -0.05) is 28.1 Å². The zero-order chi connectivity index (χ0) is 16.3. The average Bonchev–Trinajstić information content (AvgIpc) is 2.40. The summed E-state index contributed by atoms with van der Waals surface area (Å²) < 4.78 is 28.1. The number of carbonyl (C=O) groups is 1. The number of nitrogens with two attached hydrogens (primary N) is 1. The van der Waals surface area contributed by atoms with Gasteiger partial charge in [0, 0.05) is 10.2 Å². The van der Waals surface area contributed by atoms with Crippen molar-refractivity contribution in [1.82, 2.24) is 0 Å². The van der Waals surface area contributed by atoms with Gasteiger partial charge in [0.25, 0.3) is 10.0 Å². The molecule has 22 heavy (non-hydrogen) atoms. The fourth-order valence-corrected chi connectivity index (χ4v) is 3.71. The van der Waals surface area contributed by atoms with Crippen LogP contribution < -0.4 is 15.8 Å². The third kappa shape index (κ3) is 3.99. The first-order valence-electron chi connectivity index (χ1n) is 6.23. The number of urea groups is 1. The van der Waals surface area contributed by atoms with E-state index in [0.29, 0.717) is 21.4 Å². The molecule has 0 aliphatic heterocycles. The monoisotopic (exact) mass is 383 g/mol. The molecule has 0 saturated carbocycles. The molecule has 2 amide bonds. The minimum absolute atomic E-state index is 0.176. The van der Waals surface area contributed by atoms with E-state index in [2.05, 4.69) is 26.0 Å². The summed E-state index contributed by atoms with van der Waals surface area (Å²) in [4.78, 5) is 11.0. The van der Waals surface area contributed by atoms with Gasteiger partial charge in [-0.2, -0.15) is 0 Å². The van der Waals surface area contributed by atoms with Crippen LogP contribution in [0.1, 0.15) is 5.56 Å². The standard InChI is InChI=1S/C14H14BrN3O3S/c1-9-5-6-10(15)7-13(9)22(20,21)18-12-4-2-3-11(8-12)17-14(16)19/h2-8,18H,1H3,(H3,16,17,19). The van der Waals surface area contributed by atoms with Gasteiger partial charge in [-0.25, -0.2) is 13.2 Å². The molecule has 0 spiro atoms.